The van der Waals surface area contributed by atoms with E-state index in [0.29, 0.717) is 30.1 Å². The fourth-order valence-electron chi connectivity index (χ4n) is 2.59. The highest BCUT2D eigenvalue weighted by Crippen LogP contribution is 2.33. The third-order valence-corrected chi connectivity index (χ3v) is 3.74. The molecule has 1 fully saturated rings. The fourth-order valence-corrected chi connectivity index (χ4v) is 2.71. The molecule has 0 amide bonds. The van der Waals surface area contributed by atoms with Crippen LogP contribution in [0.15, 0.2) is 18.3 Å². The Hall–Kier alpha value is -1.62. The zero-order valence-electron chi connectivity index (χ0n) is 12.2. The lowest BCUT2D eigenvalue weighted by molar-refractivity contribution is -0.360. The van der Waals surface area contributed by atoms with Crippen molar-refractivity contribution in [2.45, 2.75) is 38.7 Å². The summed E-state index contributed by atoms with van der Waals surface area (Å²) in [5.74, 6) is 0.589. The average Bonchev–Trinajstić information content (AvgIpc) is 2.79. The van der Waals surface area contributed by atoms with Crippen molar-refractivity contribution >= 4 is 29.2 Å². The van der Waals surface area contributed by atoms with Crippen molar-refractivity contribution in [1.82, 2.24) is 0 Å². The van der Waals surface area contributed by atoms with E-state index in [1.807, 2.05) is 13.8 Å². The van der Waals surface area contributed by atoms with Crippen LogP contribution in [0.2, 0.25) is 5.02 Å². The third-order valence-electron chi connectivity index (χ3n) is 3.50. The molecule has 0 aliphatic carbocycles. The standard InChI is InChI=1S/C15H19ClN2O3/c1-10(2)7-15(6-5-14(20)21-15)12(19)9-18-13-4-3-11(16)8-17-13/h3-4,8,10H,5-7,9H2,1-2H3,(H,17,18)/p+1. The number of carbonyl (C=O) groups is 2. The summed E-state index contributed by atoms with van der Waals surface area (Å²) >= 11 is 5.79. The number of esters is 1. The maximum atomic E-state index is 12.5. The molecule has 1 atom stereocenters. The van der Waals surface area contributed by atoms with E-state index in [9.17, 15) is 9.59 Å². The Balaban J connectivity index is 2.02. The van der Waals surface area contributed by atoms with Crippen LogP contribution in [-0.2, 0) is 14.3 Å². The van der Waals surface area contributed by atoms with Crippen molar-refractivity contribution in [3.05, 3.63) is 23.4 Å². The number of ketones is 1. The number of cyclic esters (lactones) is 1. The Bertz CT molecular complexity index is 530. The number of rotatable bonds is 6. The van der Waals surface area contributed by atoms with Crippen LogP contribution in [0.5, 0.6) is 0 Å². The Kier molecular flexibility index (Phi) is 4.83. The molecule has 0 saturated carbocycles. The number of Topliss-reactive ketones (excluding diaryl/α,β-unsaturated/α-hetero) is 1. The van der Waals surface area contributed by atoms with E-state index >= 15 is 0 Å². The van der Waals surface area contributed by atoms with Gasteiger partial charge in [-0.05, 0) is 18.4 Å². The number of pyridine rings is 1. The first-order valence-corrected chi connectivity index (χ1v) is 7.45. The number of carbonyl (C=O) groups excluding carboxylic acids is 2. The van der Waals surface area contributed by atoms with Crippen LogP contribution in [0.25, 0.3) is 0 Å². The number of aromatic amines is 1. The van der Waals surface area contributed by atoms with Gasteiger partial charge in [0.25, 0.3) is 5.82 Å². The monoisotopic (exact) mass is 311 g/mol. The summed E-state index contributed by atoms with van der Waals surface area (Å²) in [5, 5.41) is 3.60. The Morgan fingerprint density at radius 2 is 2.29 bits per heavy atom. The minimum atomic E-state index is -0.968. The van der Waals surface area contributed by atoms with Gasteiger partial charge in [-0.3, -0.25) is 14.9 Å². The summed E-state index contributed by atoms with van der Waals surface area (Å²) in [4.78, 5) is 26.9. The van der Waals surface area contributed by atoms with Crippen LogP contribution in [0.3, 0.4) is 0 Å². The Morgan fingerprint density at radius 3 is 2.81 bits per heavy atom. The summed E-state index contributed by atoms with van der Waals surface area (Å²) in [6, 6.07) is 3.48. The second-order valence-corrected chi connectivity index (χ2v) is 6.20. The molecule has 1 aromatic rings. The van der Waals surface area contributed by atoms with Crippen LogP contribution >= 0.6 is 11.6 Å². The molecule has 1 aromatic heterocycles. The molecular weight excluding hydrogens is 292 g/mol. The number of halogens is 1. The lowest BCUT2D eigenvalue weighted by atomic mass is 9.86. The lowest BCUT2D eigenvalue weighted by Crippen LogP contribution is -2.43. The van der Waals surface area contributed by atoms with Crippen molar-refractivity contribution in [3.63, 3.8) is 0 Å². The first kappa shape index (κ1) is 15.8. The second kappa shape index (κ2) is 6.43. The van der Waals surface area contributed by atoms with Gasteiger partial charge in [0.15, 0.2) is 5.60 Å². The first-order chi connectivity index (χ1) is 9.91. The van der Waals surface area contributed by atoms with Crippen molar-refractivity contribution in [1.29, 1.82) is 0 Å². The van der Waals surface area contributed by atoms with E-state index in [-0.39, 0.29) is 24.2 Å². The van der Waals surface area contributed by atoms with Gasteiger partial charge in [0, 0.05) is 18.9 Å². The zero-order chi connectivity index (χ0) is 15.5. The highest BCUT2D eigenvalue weighted by Gasteiger charge is 2.47. The Labute approximate surface area is 129 Å². The van der Waals surface area contributed by atoms with Crippen LogP contribution in [-0.4, -0.2) is 23.9 Å². The normalized spacial score (nSPS) is 21.4. The molecular formula is C15H20ClN2O3+. The molecule has 0 radical (unpaired) electrons. The molecule has 21 heavy (non-hydrogen) atoms. The number of hydrogen-bond donors (Lipinski definition) is 1. The van der Waals surface area contributed by atoms with Gasteiger partial charge in [-0.25, -0.2) is 4.98 Å². The molecule has 1 aliphatic heterocycles. The fraction of sp³-hybridized carbons (Fsp3) is 0.533. The summed E-state index contributed by atoms with van der Waals surface area (Å²) in [6.07, 6.45) is 2.97. The maximum Gasteiger partial charge on any atom is 0.306 e. The third kappa shape index (κ3) is 3.94. The predicted octanol–water partition coefficient (Wildman–Crippen LogP) is 2.26. The molecule has 5 nitrogen and oxygen atoms in total. The van der Waals surface area contributed by atoms with Gasteiger partial charge >= 0.3 is 5.97 Å². The Morgan fingerprint density at radius 1 is 1.52 bits per heavy atom. The smallest absolute Gasteiger partial charge is 0.306 e. The van der Waals surface area contributed by atoms with E-state index in [4.69, 9.17) is 16.3 Å². The average molecular weight is 312 g/mol. The van der Waals surface area contributed by atoms with Crippen molar-refractivity contribution < 1.29 is 19.3 Å². The van der Waals surface area contributed by atoms with Gasteiger partial charge in [-0.1, -0.05) is 25.4 Å². The highest BCUT2D eigenvalue weighted by molar-refractivity contribution is 6.30. The summed E-state index contributed by atoms with van der Waals surface area (Å²) in [6.45, 7) is 4.14. The van der Waals surface area contributed by atoms with Gasteiger partial charge in [-0.2, -0.15) is 0 Å². The molecule has 1 saturated heterocycles. The summed E-state index contributed by atoms with van der Waals surface area (Å²) in [5.41, 5.74) is -0.968. The van der Waals surface area contributed by atoms with Gasteiger partial charge in [0.05, 0.1) is 5.02 Å². The maximum absolute atomic E-state index is 12.5. The molecule has 2 N–H and O–H groups in total. The number of aromatic nitrogens is 1. The molecule has 1 aliphatic rings. The van der Waals surface area contributed by atoms with Crippen molar-refractivity contribution in [3.8, 4) is 0 Å². The van der Waals surface area contributed by atoms with E-state index in [0.717, 1.165) is 0 Å². The number of nitrogens with one attached hydrogen (secondary N) is 2. The quantitative estimate of drug-likeness (QED) is 0.818. The van der Waals surface area contributed by atoms with Crippen LogP contribution < -0.4 is 10.3 Å². The van der Waals surface area contributed by atoms with Gasteiger partial charge in [0.1, 0.15) is 12.7 Å². The molecule has 6 heteroatoms. The highest BCUT2D eigenvalue weighted by atomic mass is 35.5. The van der Waals surface area contributed by atoms with Gasteiger partial charge < -0.3 is 4.74 Å². The van der Waals surface area contributed by atoms with Crippen LogP contribution in [0.1, 0.15) is 33.1 Å². The van der Waals surface area contributed by atoms with Crippen molar-refractivity contribution in [2.75, 3.05) is 11.9 Å². The number of anilines is 1. The molecule has 2 rings (SSSR count). The lowest BCUT2D eigenvalue weighted by Gasteiger charge is -2.27. The van der Waals surface area contributed by atoms with Gasteiger partial charge in [0.2, 0.25) is 5.78 Å². The molecule has 0 spiro atoms. The molecule has 1 unspecified atom stereocenters. The van der Waals surface area contributed by atoms with Crippen molar-refractivity contribution in [2.24, 2.45) is 5.92 Å². The molecule has 0 aromatic carbocycles. The topological polar surface area (TPSA) is 69.5 Å². The summed E-state index contributed by atoms with van der Waals surface area (Å²) in [7, 11) is 0. The second-order valence-electron chi connectivity index (χ2n) is 5.76. The molecule has 0 bridgehead atoms. The van der Waals surface area contributed by atoms with Crippen LogP contribution in [0.4, 0.5) is 5.82 Å². The minimum absolute atomic E-state index is 0.0922. The first-order valence-electron chi connectivity index (χ1n) is 7.07. The molecule has 2 heterocycles. The number of ether oxygens (including phenoxy) is 1. The van der Waals surface area contributed by atoms with Gasteiger partial charge in [-0.15, -0.1) is 0 Å². The number of H-pyrrole nitrogens is 1. The SMILES string of the molecule is CC(C)CC1(C(=O)CNc2ccc(Cl)c[nH+]2)CCC(=O)O1. The zero-order valence-corrected chi connectivity index (χ0v) is 13.0. The number of hydrogen-bond acceptors (Lipinski definition) is 4. The van der Waals surface area contributed by atoms with E-state index in [2.05, 4.69) is 10.3 Å². The van der Waals surface area contributed by atoms with E-state index < -0.39 is 5.60 Å². The predicted molar refractivity (Wildman–Crippen MR) is 79.0 cm³/mol. The molecule has 114 valence electrons. The van der Waals surface area contributed by atoms with E-state index in [1.54, 1.807) is 18.3 Å². The van der Waals surface area contributed by atoms with Crippen LogP contribution in [0, 0.1) is 5.92 Å². The van der Waals surface area contributed by atoms with E-state index in [1.165, 1.54) is 0 Å². The minimum Gasteiger partial charge on any atom is -0.451 e. The summed E-state index contributed by atoms with van der Waals surface area (Å²) < 4.78 is 5.37. The largest absolute Gasteiger partial charge is 0.451 e.